The zero-order valence-corrected chi connectivity index (χ0v) is 16.4. The smallest absolute Gasteiger partial charge is 0.247 e. The Bertz CT molecular complexity index is 750. The molecule has 0 unspecified atom stereocenters. The van der Waals surface area contributed by atoms with E-state index in [1.807, 2.05) is 30.3 Å². The van der Waals surface area contributed by atoms with Crippen molar-refractivity contribution in [2.45, 2.75) is 32.4 Å². The van der Waals surface area contributed by atoms with Crippen LogP contribution in [-0.2, 0) is 20.9 Å². The molecular weight excluding hydrogens is 359 g/mol. The molecule has 0 fully saturated rings. The summed E-state index contributed by atoms with van der Waals surface area (Å²) in [7, 11) is 1.61. The van der Waals surface area contributed by atoms with Gasteiger partial charge in [0, 0.05) is 33.2 Å². The van der Waals surface area contributed by atoms with Crippen molar-refractivity contribution in [1.82, 2.24) is 10.2 Å². The number of amides is 2. The van der Waals surface area contributed by atoms with Crippen molar-refractivity contribution >= 4 is 11.8 Å². The lowest BCUT2D eigenvalue weighted by Crippen LogP contribution is -2.43. The molecule has 0 saturated carbocycles. The van der Waals surface area contributed by atoms with E-state index < -0.39 is 6.04 Å². The number of ether oxygens (including phenoxy) is 1. The van der Waals surface area contributed by atoms with E-state index in [-0.39, 0.29) is 30.6 Å². The number of hydrogen-bond acceptors (Lipinski definition) is 3. The average molecular weight is 386 g/mol. The average Bonchev–Trinajstić information content (AvgIpc) is 2.72. The Morgan fingerprint density at radius 2 is 1.79 bits per heavy atom. The second kappa shape index (κ2) is 11.2. The van der Waals surface area contributed by atoms with E-state index in [1.54, 1.807) is 31.1 Å². The summed E-state index contributed by atoms with van der Waals surface area (Å²) in [6.07, 6.45) is 0.949. The van der Waals surface area contributed by atoms with Gasteiger partial charge in [0.2, 0.25) is 11.8 Å². The molecule has 0 saturated heterocycles. The molecule has 0 aliphatic rings. The first-order chi connectivity index (χ1) is 13.6. The van der Waals surface area contributed by atoms with E-state index in [4.69, 9.17) is 4.74 Å². The summed E-state index contributed by atoms with van der Waals surface area (Å²) in [4.78, 5) is 27.3. The van der Waals surface area contributed by atoms with Crippen LogP contribution in [0.4, 0.5) is 4.39 Å². The van der Waals surface area contributed by atoms with Crippen molar-refractivity contribution in [1.29, 1.82) is 0 Å². The van der Waals surface area contributed by atoms with Crippen molar-refractivity contribution in [3.63, 3.8) is 0 Å². The van der Waals surface area contributed by atoms with Gasteiger partial charge in [-0.05, 0) is 29.7 Å². The first kappa shape index (κ1) is 21.6. The van der Waals surface area contributed by atoms with Crippen LogP contribution in [0.15, 0.2) is 54.6 Å². The Morgan fingerprint density at radius 1 is 1.11 bits per heavy atom. The normalized spacial score (nSPS) is 11.7. The van der Waals surface area contributed by atoms with Gasteiger partial charge in [-0.25, -0.2) is 4.39 Å². The lowest BCUT2D eigenvalue weighted by molar-refractivity contribution is -0.141. The summed E-state index contributed by atoms with van der Waals surface area (Å²) in [6, 6.07) is 14.4. The highest BCUT2D eigenvalue weighted by Gasteiger charge is 2.30. The lowest BCUT2D eigenvalue weighted by Gasteiger charge is -2.31. The van der Waals surface area contributed by atoms with Gasteiger partial charge in [0.15, 0.2) is 0 Å². The number of methoxy groups -OCH3 is 1. The van der Waals surface area contributed by atoms with E-state index in [9.17, 15) is 14.0 Å². The zero-order chi connectivity index (χ0) is 20.4. The Morgan fingerprint density at radius 3 is 2.39 bits per heavy atom. The molecule has 0 radical (unpaired) electrons. The van der Waals surface area contributed by atoms with Crippen LogP contribution < -0.4 is 5.32 Å². The molecule has 5 nitrogen and oxygen atoms in total. The third-order valence-corrected chi connectivity index (χ3v) is 4.39. The van der Waals surface area contributed by atoms with Gasteiger partial charge in [-0.3, -0.25) is 9.59 Å². The molecule has 1 N–H and O–H groups in total. The number of nitrogens with zero attached hydrogens (tertiary/aromatic N) is 1. The fourth-order valence-electron chi connectivity index (χ4n) is 2.95. The van der Waals surface area contributed by atoms with Crippen molar-refractivity contribution in [2.24, 2.45) is 0 Å². The predicted molar refractivity (Wildman–Crippen MR) is 106 cm³/mol. The van der Waals surface area contributed by atoms with Gasteiger partial charge >= 0.3 is 0 Å². The van der Waals surface area contributed by atoms with Gasteiger partial charge in [-0.2, -0.15) is 0 Å². The maximum absolute atomic E-state index is 13.2. The summed E-state index contributed by atoms with van der Waals surface area (Å²) in [5.41, 5.74) is 1.49. The molecule has 0 aliphatic carbocycles. The quantitative estimate of drug-likeness (QED) is 0.636. The molecule has 0 spiro atoms. The Labute approximate surface area is 165 Å². The first-order valence-corrected chi connectivity index (χ1v) is 9.42. The molecule has 2 rings (SSSR count). The molecule has 1 atom stereocenters. The topological polar surface area (TPSA) is 58.6 Å². The fourth-order valence-corrected chi connectivity index (χ4v) is 2.95. The number of carbonyl (C=O) groups is 2. The van der Waals surface area contributed by atoms with Crippen LogP contribution in [0.2, 0.25) is 0 Å². The lowest BCUT2D eigenvalue weighted by atomic mass is 10.0. The van der Waals surface area contributed by atoms with E-state index >= 15 is 0 Å². The van der Waals surface area contributed by atoms with Crippen molar-refractivity contribution < 1.29 is 18.7 Å². The number of halogens is 1. The SMILES string of the molecule is CCC(=O)N(Cc1ccc(F)cc1)[C@H](C(=O)NCCCOC)c1ccccc1. The van der Waals surface area contributed by atoms with Gasteiger partial charge in [0.25, 0.3) is 0 Å². The van der Waals surface area contributed by atoms with Gasteiger partial charge in [0.1, 0.15) is 11.9 Å². The van der Waals surface area contributed by atoms with E-state index in [2.05, 4.69) is 5.32 Å². The van der Waals surface area contributed by atoms with Crippen LogP contribution in [0.3, 0.4) is 0 Å². The molecule has 0 bridgehead atoms. The van der Waals surface area contributed by atoms with Crippen LogP contribution in [-0.4, -0.2) is 37.0 Å². The number of hydrogen-bond donors (Lipinski definition) is 1. The van der Waals surface area contributed by atoms with E-state index in [0.717, 1.165) is 11.1 Å². The minimum absolute atomic E-state index is 0.148. The molecule has 28 heavy (non-hydrogen) atoms. The third kappa shape index (κ3) is 6.16. The van der Waals surface area contributed by atoms with Crippen LogP contribution in [0.25, 0.3) is 0 Å². The van der Waals surface area contributed by atoms with Crippen LogP contribution in [0.5, 0.6) is 0 Å². The second-order valence-electron chi connectivity index (χ2n) is 6.45. The molecule has 0 heterocycles. The highest BCUT2D eigenvalue weighted by atomic mass is 19.1. The minimum atomic E-state index is -0.763. The number of benzene rings is 2. The summed E-state index contributed by atoms with van der Waals surface area (Å²) in [6.45, 7) is 2.99. The van der Waals surface area contributed by atoms with E-state index in [1.165, 1.54) is 12.1 Å². The molecule has 0 aromatic heterocycles. The fraction of sp³-hybridized carbons (Fsp3) is 0.364. The van der Waals surface area contributed by atoms with Crippen molar-refractivity contribution in [3.8, 4) is 0 Å². The Kier molecular flexibility index (Phi) is 8.62. The molecule has 0 aliphatic heterocycles. The minimum Gasteiger partial charge on any atom is -0.385 e. The largest absolute Gasteiger partial charge is 0.385 e. The summed E-state index contributed by atoms with van der Waals surface area (Å²) in [5, 5.41) is 2.90. The molecule has 2 aromatic rings. The standard InChI is InChI=1S/C22H27FN2O3/c1-3-20(26)25(16-17-10-12-19(23)13-11-17)21(18-8-5-4-6-9-18)22(27)24-14-7-15-28-2/h4-6,8-13,21H,3,7,14-16H2,1-2H3,(H,24,27)/t21-/m0/s1. The molecule has 2 aromatic carbocycles. The predicted octanol–water partition coefficient (Wildman–Crippen LogP) is 3.46. The molecule has 6 heteroatoms. The van der Waals surface area contributed by atoms with Gasteiger partial charge in [0.05, 0.1) is 0 Å². The Hall–Kier alpha value is -2.73. The first-order valence-electron chi connectivity index (χ1n) is 9.42. The maximum Gasteiger partial charge on any atom is 0.247 e. The van der Waals surface area contributed by atoms with E-state index in [0.29, 0.717) is 19.6 Å². The monoisotopic (exact) mass is 386 g/mol. The van der Waals surface area contributed by atoms with Gasteiger partial charge in [-0.1, -0.05) is 49.4 Å². The summed E-state index contributed by atoms with van der Waals surface area (Å²) >= 11 is 0. The molecular formula is C22H27FN2O3. The Balaban J connectivity index is 2.30. The maximum atomic E-state index is 13.2. The second-order valence-corrected chi connectivity index (χ2v) is 6.45. The summed E-state index contributed by atoms with van der Waals surface area (Å²) < 4.78 is 18.3. The van der Waals surface area contributed by atoms with Crippen LogP contribution >= 0.6 is 0 Å². The van der Waals surface area contributed by atoms with Crippen LogP contribution in [0, 0.1) is 5.82 Å². The van der Waals surface area contributed by atoms with Crippen LogP contribution in [0.1, 0.15) is 36.9 Å². The number of rotatable bonds is 10. The summed E-state index contributed by atoms with van der Waals surface area (Å²) in [5.74, 6) is -0.732. The van der Waals surface area contributed by atoms with Crippen molar-refractivity contribution in [3.05, 3.63) is 71.5 Å². The highest BCUT2D eigenvalue weighted by Crippen LogP contribution is 2.24. The number of nitrogens with one attached hydrogen (secondary N) is 1. The van der Waals surface area contributed by atoms with Gasteiger partial charge in [-0.15, -0.1) is 0 Å². The molecule has 150 valence electrons. The molecule has 2 amide bonds. The number of carbonyl (C=O) groups excluding carboxylic acids is 2. The highest BCUT2D eigenvalue weighted by molar-refractivity contribution is 5.88. The van der Waals surface area contributed by atoms with Crippen molar-refractivity contribution in [2.75, 3.05) is 20.3 Å². The zero-order valence-electron chi connectivity index (χ0n) is 16.4. The third-order valence-electron chi connectivity index (χ3n) is 4.39. The van der Waals surface area contributed by atoms with Gasteiger partial charge < -0.3 is 15.0 Å².